The second-order valence-electron chi connectivity index (χ2n) is 4.21. The largest absolute Gasteiger partial charge is 0.480 e. The minimum absolute atomic E-state index is 0.0243. The summed E-state index contributed by atoms with van der Waals surface area (Å²) in [7, 11) is -3.54. The highest BCUT2D eigenvalue weighted by atomic mass is 35.5. The van der Waals surface area contributed by atoms with E-state index in [2.05, 4.69) is 0 Å². The Morgan fingerprint density at radius 1 is 1.47 bits per heavy atom. The summed E-state index contributed by atoms with van der Waals surface area (Å²) in [6, 6.07) is 2.68. The van der Waals surface area contributed by atoms with Gasteiger partial charge in [-0.15, -0.1) is 0 Å². The van der Waals surface area contributed by atoms with Gasteiger partial charge >= 0.3 is 5.97 Å². The lowest BCUT2D eigenvalue weighted by atomic mass is 10.1. The predicted octanol–water partition coefficient (Wildman–Crippen LogP) is 0.597. The number of hydrogen-bond donors (Lipinski definition) is 2. The molecule has 104 valence electrons. The Balaban J connectivity index is 2.37. The Kier molecular flexibility index (Phi) is 3.82. The molecule has 1 unspecified atom stereocenters. The van der Waals surface area contributed by atoms with E-state index in [1.165, 1.54) is 18.2 Å². The first-order valence-corrected chi connectivity index (χ1v) is 7.36. The van der Waals surface area contributed by atoms with Crippen molar-refractivity contribution in [1.29, 1.82) is 0 Å². The molecular weight excluding hydrogens is 294 g/mol. The summed E-state index contributed by atoms with van der Waals surface area (Å²) in [6.07, 6.45) is 0. The summed E-state index contributed by atoms with van der Waals surface area (Å²) in [5.41, 5.74) is 5.69. The van der Waals surface area contributed by atoms with Crippen LogP contribution in [0, 0.1) is 0 Å². The number of carboxylic acids is 1. The Labute approximate surface area is 115 Å². The molecule has 1 atom stereocenters. The molecule has 2 rings (SSSR count). The van der Waals surface area contributed by atoms with Crippen molar-refractivity contribution >= 4 is 27.4 Å². The molecule has 0 amide bonds. The standard InChI is InChI=1S/C11H12ClNO5S/c12-8-3-6(10(13)11(14)15)1-2-9(8)19(16,17)7-4-18-5-7/h1-3,7,10H,4-5,13H2,(H,14,15). The fourth-order valence-electron chi connectivity index (χ4n) is 1.66. The lowest BCUT2D eigenvalue weighted by molar-refractivity contribution is -0.138. The van der Waals surface area contributed by atoms with E-state index in [4.69, 9.17) is 27.2 Å². The number of sulfone groups is 1. The van der Waals surface area contributed by atoms with Gasteiger partial charge in [0, 0.05) is 0 Å². The Hall–Kier alpha value is -1.15. The molecule has 6 nitrogen and oxygen atoms in total. The van der Waals surface area contributed by atoms with E-state index in [9.17, 15) is 13.2 Å². The molecule has 1 aliphatic heterocycles. The van der Waals surface area contributed by atoms with E-state index in [1.54, 1.807) is 0 Å². The van der Waals surface area contributed by atoms with E-state index in [-0.39, 0.29) is 28.7 Å². The molecular formula is C11H12ClNO5S. The van der Waals surface area contributed by atoms with Gasteiger partial charge in [-0.1, -0.05) is 17.7 Å². The lowest BCUT2D eigenvalue weighted by Crippen LogP contribution is -2.40. The summed E-state index contributed by atoms with van der Waals surface area (Å²) in [5, 5.41) is 8.17. The highest BCUT2D eigenvalue weighted by Crippen LogP contribution is 2.29. The van der Waals surface area contributed by atoms with Crippen LogP contribution in [0.15, 0.2) is 23.1 Å². The summed E-state index contributed by atoms with van der Waals surface area (Å²) >= 11 is 5.92. The zero-order valence-electron chi connectivity index (χ0n) is 9.74. The molecule has 0 spiro atoms. The van der Waals surface area contributed by atoms with E-state index >= 15 is 0 Å². The van der Waals surface area contributed by atoms with Gasteiger partial charge in [0.2, 0.25) is 0 Å². The maximum Gasteiger partial charge on any atom is 0.325 e. The second kappa shape index (κ2) is 5.09. The Bertz CT molecular complexity index is 612. The lowest BCUT2D eigenvalue weighted by Gasteiger charge is -2.26. The number of benzene rings is 1. The molecule has 19 heavy (non-hydrogen) atoms. The zero-order chi connectivity index (χ0) is 14.2. The van der Waals surface area contributed by atoms with Crippen molar-refractivity contribution in [2.24, 2.45) is 5.73 Å². The van der Waals surface area contributed by atoms with Gasteiger partial charge in [-0.05, 0) is 17.7 Å². The molecule has 1 heterocycles. The highest BCUT2D eigenvalue weighted by molar-refractivity contribution is 7.92. The molecule has 8 heteroatoms. The number of carboxylic acid groups (broad SMARTS) is 1. The molecule has 0 aliphatic carbocycles. The Morgan fingerprint density at radius 3 is 2.53 bits per heavy atom. The third-order valence-electron chi connectivity index (χ3n) is 2.93. The van der Waals surface area contributed by atoms with Crippen LogP contribution in [0.25, 0.3) is 0 Å². The van der Waals surface area contributed by atoms with Gasteiger partial charge in [0.05, 0.1) is 23.1 Å². The fourth-order valence-corrected chi connectivity index (χ4v) is 3.67. The van der Waals surface area contributed by atoms with Crippen LogP contribution < -0.4 is 5.73 Å². The van der Waals surface area contributed by atoms with Gasteiger partial charge in [-0.25, -0.2) is 8.42 Å². The first kappa shape index (κ1) is 14.3. The molecule has 1 aliphatic rings. The van der Waals surface area contributed by atoms with Crippen molar-refractivity contribution in [2.75, 3.05) is 13.2 Å². The number of carbonyl (C=O) groups is 1. The van der Waals surface area contributed by atoms with Gasteiger partial charge in [-0.2, -0.15) is 0 Å². The van der Waals surface area contributed by atoms with Crippen molar-refractivity contribution in [2.45, 2.75) is 16.2 Å². The van der Waals surface area contributed by atoms with Crippen molar-refractivity contribution in [1.82, 2.24) is 0 Å². The third-order valence-corrected chi connectivity index (χ3v) is 5.48. The maximum absolute atomic E-state index is 12.1. The van der Waals surface area contributed by atoms with Crippen molar-refractivity contribution in [3.63, 3.8) is 0 Å². The minimum atomic E-state index is -3.54. The van der Waals surface area contributed by atoms with Crippen LogP contribution in [-0.2, 0) is 19.4 Å². The average Bonchev–Trinajstić information content (AvgIpc) is 2.24. The smallest absolute Gasteiger partial charge is 0.325 e. The molecule has 0 saturated carbocycles. The SMILES string of the molecule is NC(C(=O)O)c1ccc(S(=O)(=O)C2COC2)c(Cl)c1. The number of ether oxygens (including phenoxy) is 1. The van der Waals surface area contributed by atoms with Crippen LogP contribution in [-0.4, -0.2) is 38.0 Å². The van der Waals surface area contributed by atoms with Crippen LogP contribution in [0.4, 0.5) is 0 Å². The topological polar surface area (TPSA) is 107 Å². The number of aliphatic carboxylic acids is 1. The molecule has 0 aromatic heterocycles. The van der Waals surface area contributed by atoms with Gasteiger partial charge in [0.25, 0.3) is 0 Å². The summed E-state index contributed by atoms with van der Waals surface area (Å²) in [6.45, 7) is 0.296. The van der Waals surface area contributed by atoms with E-state index < -0.39 is 27.1 Å². The van der Waals surface area contributed by atoms with Crippen LogP contribution in [0.5, 0.6) is 0 Å². The fraction of sp³-hybridized carbons (Fsp3) is 0.364. The van der Waals surface area contributed by atoms with E-state index in [0.717, 1.165) is 0 Å². The molecule has 3 N–H and O–H groups in total. The number of hydrogen-bond acceptors (Lipinski definition) is 5. The molecule has 1 aromatic carbocycles. The van der Waals surface area contributed by atoms with E-state index in [1.807, 2.05) is 0 Å². The zero-order valence-corrected chi connectivity index (χ0v) is 11.3. The maximum atomic E-state index is 12.1. The van der Waals surface area contributed by atoms with E-state index in [0.29, 0.717) is 0 Å². The Morgan fingerprint density at radius 2 is 2.11 bits per heavy atom. The number of nitrogens with two attached hydrogens (primary N) is 1. The van der Waals surface area contributed by atoms with Gasteiger partial charge in [-0.3, -0.25) is 4.79 Å². The molecule has 0 bridgehead atoms. The highest BCUT2D eigenvalue weighted by Gasteiger charge is 2.35. The van der Waals surface area contributed by atoms with Gasteiger partial charge in [0.1, 0.15) is 11.3 Å². The van der Waals surface area contributed by atoms with Crippen LogP contribution in [0.2, 0.25) is 5.02 Å². The normalized spacial score (nSPS) is 17.8. The van der Waals surface area contributed by atoms with Crippen molar-refractivity contribution in [3.05, 3.63) is 28.8 Å². The van der Waals surface area contributed by atoms with Crippen LogP contribution >= 0.6 is 11.6 Å². The summed E-state index contributed by atoms with van der Waals surface area (Å²) in [4.78, 5) is 10.7. The third kappa shape index (κ3) is 2.59. The first-order chi connectivity index (χ1) is 8.84. The first-order valence-electron chi connectivity index (χ1n) is 5.43. The van der Waals surface area contributed by atoms with Crippen molar-refractivity contribution < 1.29 is 23.1 Å². The average molecular weight is 306 g/mol. The number of rotatable bonds is 4. The predicted molar refractivity (Wildman–Crippen MR) is 67.8 cm³/mol. The van der Waals surface area contributed by atoms with Crippen LogP contribution in [0.3, 0.4) is 0 Å². The molecule has 1 aromatic rings. The molecule has 0 radical (unpaired) electrons. The minimum Gasteiger partial charge on any atom is -0.480 e. The molecule has 1 fully saturated rings. The monoisotopic (exact) mass is 305 g/mol. The summed E-state index contributed by atoms with van der Waals surface area (Å²) < 4.78 is 29.1. The molecule has 1 saturated heterocycles. The van der Waals surface area contributed by atoms with Crippen molar-refractivity contribution in [3.8, 4) is 0 Å². The quantitative estimate of drug-likeness (QED) is 0.843. The second-order valence-corrected chi connectivity index (χ2v) is 6.81. The number of halogens is 1. The summed E-state index contributed by atoms with van der Waals surface area (Å²) in [5.74, 6) is -1.21. The van der Waals surface area contributed by atoms with Crippen LogP contribution in [0.1, 0.15) is 11.6 Å². The van der Waals surface area contributed by atoms with Gasteiger partial charge < -0.3 is 15.6 Å². The van der Waals surface area contributed by atoms with Gasteiger partial charge in [0.15, 0.2) is 9.84 Å².